The van der Waals surface area contributed by atoms with Crippen LogP contribution < -0.4 is 23.8 Å². The maximum atomic E-state index is 13.7. The van der Waals surface area contributed by atoms with Gasteiger partial charge in [-0.15, -0.1) is 0 Å². The zero-order valence-corrected chi connectivity index (χ0v) is 24.0. The van der Waals surface area contributed by atoms with Gasteiger partial charge in [0.2, 0.25) is 0 Å². The minimum absolute atomic E-state index is 0.0546. The molecule has 5 rings (SSSR count). The highest BCUT2D eigenvalue weighted by Crippen LogP contribution is 2.46. The first-order valence-electron chi connectivity index (χ1n) is 13.3. The van der Waals surface area contributed by atoms with Crippen LogP contribution in [0.4, 0.5) is 5.13 Å². The average Bonchev–Trinajstić information content (AvgIpc) is 3.51. The number of aliphatic hydroxyl groups excluding tert-OH is 1. The number of benzene rings is 3. The van der Waals surface area contributed by atoms with Crippen LogP contribution in [0.15, 0.2) is 66.2 Å². The number of amides is 1. The smallest absolute Gasteiger partial charge is 0.301 e. The number of aromatic nitrogens is 1. The zero-order valence-electron chi connectivity index (χ0n) is 23.2. The van der Waals surface area contributed by atoms with Gasteiger partial charge in [0.15, 0.2) is 16.6 Å². The average molecular weight is 575 g/mol. The van der Waals surface area contributed by atoms with E-state index in [1.165, 1.54) is 23.3 Å². The molecule has 1 aromatic heterocycles. The molecule has 3 aromatic carbocycles. The summed E-state index contributed by atoms with van der Waals surface area (Å²) in [5.41, 5.74) is 1.53. The molecule has 1 aliphatic rings. The minimum Gasteiger partial charge on any atom is -0.507 e. The van der Waals surface area contributed by atoms with E-state index in [2.05, 4.69) is 0 Å². The summed E-state index contributed by atoms with van der Waals surface area (Å²) in [6.45, 7) is 6.96. The van der Waals surface area contributed by atoms with Crippen LogP contribution in [0.25, 0.3) is 16.0 Å². The van der Waals surface area contributed by atoms with Gasteiger partial charge in [0.25, 0.3) is 5.78 Å². The lowest BCUT2D eigenvalue weighted by atomic mass is 9.95. The number of hydrogen-bond acceptors (Lipinski definition) is 9. The van der Waals surface area contributed by atoms with Gasteiger partial charge >= 0.3 is 5.91 Å². The Morgan fingerprint density at radius 1 is 0.878 bits per heavy atom. The van der Waals surface area contributed by atoms with Gasteiger partial charge in [-0.05, 0) is 80.9 Å². The van der Waals surface area contributed by atoms with Gasteiger partial charge in [-0.25, -0.2) is 4.98 Å². The third kappa shape index (κ3) is 5.30. The number of Topliss-reactive ketones (excluding diaryl/α,β-unsaturated/α-hetero) is 1. The van der Waals surface area contributed by atoms with Gasteiger partial charge in [0.05, 0.1) is 48.8 Å². The summed E-state index contributed by atoms with van der Waals surface area (Å²) in [5.74, 6) is 0.366. The molecule has 10 heteroatoms. The lowest BCUT2D eigenvalue weighted by Gasteiger charge is -2.24. The molecule has 2 heterocycles. The van der Waals surface area contributed by atoms with E-state index in [1.54, 1.807) is 42.5 Å². The second kappa shape index (κ2) is 11.9. The number of hydrogen-bond donors (Lipinski definition) is 1. The Balaban J connectivity index is 1.70. The van der Waals surface area contributed by atoms with Crippen LogP contribution in [0.2, 0.25) is 0 Å². The molecule has 0 bridgehead atoms. The van der Waals surface area contributed by atoms with E-state index in [0.29, 0.717) is 64.6 Å². The third-order valence-corrected chi connectivity index (χ3v) is 7.57. The third-order valence-electron chi connectivity index (χ3n) is 6.56. The van der Waals surface area contributed by atoms with Gasteiger partial charge < -0.3 is 24.1 Å². The highest BCUT2D eigenvalue weighted by molar-refractivity contribution is 7.22. The summed E-state index contributed by atoms with van der Waals surface area (Å²) >= 11 is 1.26. The first-order chi connectivity index (χ1) is 19.9. The summed E-state index contributed by atoms with van der Waals surface area (Å²) in [4.78, 5) is 33.3. The van der Waals surface area contributed by atoms with Crippen molar-refractivity contribution in [1.82, 2.24) is 4.98 Å². The Morgan fingerprint density at radius 3 is 2.24 bits per heavy atom. The number of methoxy groups -OCH3 is 1. The standard InChI is InChI=1S/C31H30N2O7S/c1-5-38-21-13-14-22-25(17-21)41-31(32-22)33-27(19-10-15-23(39-6-2)24(16-19)40-7-3)26(29(35)30(33)36)28(34)18-8-11-20(37-4)12-9-18/h8-17,27,34H,5-7H2,1-4H3. The Labute approximate surface area is 241 Å². The maximum absolute atomic E-state index is 13.7. The number of nitrogens with zero attached hydrogens (tertiary/aromatic N) is 2. The van der Waals surface area contributed by atoms with Crippen molar-refractivity contribution in [2.75, 3.05) is 31.8 Å². The second-order valence-electron chi connectivity index (χ2n) is 9.03. The predicted octanol–water partition coefficient (Wildman–Crippen LogP) is 6.13. The molecular formula is C31H30N2O7S. The summed E-state index contributed by atoms with van der Waals surface area (Å²) in [5, 5.41) is 11.8. The topological polar surface area (TPSA) is 107 Å². The molecule has 0 spiro atoms. The van der Waals surface area contributed by atoms with Crippen LogP contribution in [0, 0.1) is 0 Å². The number of carbonyl (C=O) groups is 2. The van der Waals surface area contributed by atoms with Gasteiger partial charge in [-0.3, -0.25) is 14.5 Å². The van der Waals surface area contributed by atoms with Crippen molar-refractivity contribution >= 4 is 44.1 Å². The van der Waals surface area contributed by atoms with Crippen LogP contribution in [-0.4, -0.2) is 48.7 Å². The fraction of sp³-hybridized carbons (Fsp3) is 0.258. The largest absolute Gasteiger partial charge is 0.507 e. The van der Waals surface area contributed by atoms with Crippen molar-refractivity contribution in [3.63, 3.8) is 0 Å². The molecule has 1 N–H and O–H groups in total. The predicted molar refractivity (Wildman–Crippen MR) is 157 cm³/mol. The molecule has 0 saturated carbocycles. The number of anilines is 1. The summed E-state index contributed by atoms with van der Waals surface area (Å²) < 4.78 is 23.2. The molecule has 0 radical (unpaired) electrons. The normalized spacial score (nSPS) is 16.3. The Morgan fingerprint density at radius 2 is 1.56 bits per heavy atom. The van der Waals surface area contributed by atoms with Crippen molar-refractivity contribution in [2.45, 2.75) is 26.8 Å². The first kappa shape index (κ1) is 28.0. The van der Waals surface area contributed by atoms with E-state index < -0.39 is 17.7 Å². The molecule has 1 unspecified atom stereocenters. The summed E-state index contributed by atoms with van der Waals surface area (Å²) in [6, 6.07) is 16.4. The lowest BCUT2D eigenvalue weighted by Crippen LogP contribution is -2.29. The van der Waals surface area contributed by atoms with Gasteiger partial charge in [-0.2, -0.15) is 0 Å². The van der Waals surface area contributed by atoms with Crippen LogP contribution in [0.3, 0.4) is 0 Å². The van der Waals surface area contributed by atoms with E-state index in [1.807, 2.05) is 39.0 Å². The van der Waals surface area contributed by atoms with Crippen molar-refractivity contribution in [3.05, 3.63) is 77.4 Å². The highest BCUT2D eigenvalue weighted by atomic mass is 32.1. The molecule has 1 aliphatic heterocycles. The lowest BCUT2D eigenvalue weighted by molar-refractivity contribution is -0.132. The Kier molecular flexibility index (Phi) is 8.11. The molecule has 1 saturated heterocycles. The SMILES string of the molecule is CCOc1ccc2nc(N3C(=O)C(=O)C(=C(O)c4ccc(OC)cc4)C3c3ccc(OCC)c(OCC)c3)sc2c1. The maximum Gasteiger partial charge on any atom is 0.301 e. The number of carbonyl (C=O) groups excluding carboxylic acids is 2. The molecule has 1 atom stereocenters. The number of rotatable bonds is 10. The molecule has 9 nitrogen and oxygen atoms in total. The highest BCUT2D eigenvalue weighted by Gasteiger charge is 2.48. The summed E-state index contributed by atoms with van der Waals surface area (Å²) in [6.07, 6.45) is 0. The fourth-order valence-electron chi connectivity index (χ4n) is 4.74. The Hall–Kier alpha value is -4.57. The van der Waals surface area contributed by atoms with E-state index in [-0.39, 0.29) is 11.3 Å². The van der Waals surface area contributed by atoms with Gasteiger partial charge in [0.1, 0.15) is 17.3 Å². The fourth-order valence-corrected chi connectivity index (χ4v) is 5.76. The van der Waals surface area contributed by atoms with E-state index in [4.69, 9.17) is 23.9 Å². The van der Waals surface area contributed by atoms with Crippen molar-refractivity contribution in [3.8, 4) is 23.0 Å². The summed E-state index contributed by atoms with van der Waals surface area (Å²) in [7, 11) is 1.54. The molecule has 1 fully saturated rings. The first-order valence-corrected chi connectivity index (χ1v) is 14.1. The monoisotopic (exact) mass is 574 g/mol. The molecule has 4 aromatic rings. The van der Waals surface area contributed by atoms with Crippen LogP contribution in [-0.2, 0) is 9.59 Å². The van der Waals surface area contributed by atoms with Gasteiger partial charge in [-0.1, -0.05) is 17.4 Å². The van der Waals surface area contributed by atoms with E-state index in [9.17, 15) is 14.7 Å². The van der Waals surface area contributed by atoms with E-state index in [0.717, 1.165) is 4.70 Å². The van der Waals surface area contributed by atoms with E-state index >= 15 is 0 Å². The van der Waals surface area contributed by atoms with Crippen molar-refractivity contribution in [1.29, 1.82) is 0 Å². The van der Waals surface area contributed by atoms with Crippen LogP contribution >= 0.6 is 11.3 Å². The van der Waals surface area contributed by atoms with Crippen molar-refractivity contribution < 1.29 is 33.6 Å². The molecule has 1 amide bonds. The van der Waals surface area contributed by atoms with Gasteiger partial charge in [0, 0.05) is 5.56 Å². The second-order valence-corrected chi connectivity index (χ2v) is 10.0. The van der Waals surface area contributed by atoms with Crippen LogP contribution in [0.1, 0.15) is 37.9 Å². The number of fused-ring (bicyclic) bond motifs is 1. The number of aliphatic hydroxyl groups is 1. The number of ether oxygens (including phenoxy) is 4. The molecule has 0 aliphatic carbocycles. The quantitative estimate of drug-likeness (QED) is 0.137. The number of ketones is 1. The van der Waals surface area contributed by atoms with Crippen molar-refractivity contribution in [2.24, 2.45) is 0 Å². The van der Waals surface area contributed by atoms with Crippen LogP contribution in [0.5, 0.6) is 23.0 Å². The zero-order chi connectivity index (χ0) is 29.1. The molecule has 41 heavy (non-hydrogen) atoms. The molecular weight excluding hydrogens is 544 g/mol. The number of thiazole rings is 1. The molecule has 212 valence electrons. The Bertz CT molecular complexity index is 1630. The minimum atomic E-state index is -0.973.